The molecule has 0 saturated carbocycles. The molecule has 0 fully saturated rings. The van der Waals surface area contributed by atoms with Gasteiger partial charge < -0.3 is 5.32 Å². The topological polar surface area (TPSA) is 105 Å². The third kappa shape index (κ3) is 3.54. The average molecular weight is 335 g/mol. The molecule has 2 aromatic rings. The van der Waals surface area contributed by atoms with Crippen molar-refractivity contribution in [3.63, 3.8) is 0 Å². The van der Waals surface area contributed by atoms with Crippen molar-refractivity contribution in [2.75, 3.05) is 5.32 Å². The quantitative estimate of drug-likeness (QED) is 0.830. The molecule has 0 bridgehead atoms. The van der Waals surface area contributed by atoms with E-state index in [0.717, 1.165) is 0 Å². The van der Waals surface area contributed by atoms with Crippen LogP contribution in [0.5, 0.6) is 0 Å². The fraction of sp³-hybridized carbons (Fsp3) is 0.100. The highest BCUT2D eigenvalue weighted by Gasteiger charge is 2.12. The van der Waals surface area contributed by atoms with Gasteiger partial charge in [0, 0.05) is 5.69 Å². The summed E-state index contributed by atoms with van der Waals surface area (Å²) in [5.74, 6) is 0.123. The molecule has 0 saturated heterocycles. The van der Waals surface area contributed by atoms with Crippen LogP contribution in [0.25, 0.3) is 0 Å². The number of halogens is 2. The van der Waals surface area contributed by atoms with Gasteiger partial charge in [-0.05, 0) is 53.9 Å². The summed E-state index contributed by atoms with van der Waals surface area (Å²) in [7, 11) is -4.24. The second-order valence-electron chi connectivity index (χ2n) is 3.77. The van der Waals surface area contributed by atoms with E-state index in [2.05, 4.69) is 20.3 Å². The van der Waals surface area contributed by atoms with Crippen LogP contribution in [-0.2, 0) is 10.1 Å². The normalized spacial score (nSPS) is 11.4. The van der Waals surface area contributed by atoms with E-state index in [1.54, 1.807) is 6.92 Å². The van der Waals surface area contributed by atoms with Gasteiger partial charge in [0.25, 0.3) is 10.1 Å². The minimum Gasteiger partial charge on any atom is -0.324 e. The van der Waals surface area contributed by atoms with Gasteiger partial charge in [-0.3, -0.25) is 4.55 Å². The number of rotatable bonds is 3. The Morgan fingerprint density at radius 3 is 2.25 bits per heavy atom. The first-order chi connectivity index (χ1) is 9.25. The zero-order chi connectivity index (χ0) is 14.9. The molecule has 0 atom stereocenters. The number of aryl methyl sites for hydroxylation is 1. The maximum Gasteiger partial charge on any atom is 0.294 e. The third-order valence-corrected chi connectivity index (χ3v) is 3.51. The van der Waals surface area contributed by atoms with Crippen LogP contribution in [0, 0.1) is 6.92 Å². The first-order valence-electron chi connectivity index (χ1n) is 5.18. The van der Waals surface area contributed by atoms with Crippen LogP contribution in [0.15, 0.2) is 23.1 Å². The Morgan fingerprint density at radius 1 is 1.15 bits per heavy atom. The summed E-state index contributed by atoms with van der Waals surface area (Å²) >= 11 is 11.3. The van der Waals surface area contributed by atoms with Crippen molar-refractivity contribution in [2.45, 2.75) is 11.8 Å². The van der Waals surface area contributed by atoms with Crippen molar-refractivity contribution in [1.82, 2.24) is 15.0 Å². The molecule has 0 aliphatic carbocycles. The van der Waals surface area contributed by atoms with Gasteiger partial charge in [-0.1, -0.05) is 0 Å². The Balaban J connectivity index is 2.35. The summed E-state index contributed by atoms with van der Waals surface area (Å²) in [6.07, 6.45) is 0. The van der Waals surface area contributed by atoms with E-state index >= 15 is 0 Å². The molecule has 20 heavy (non-hydrogen) atoms. The number of anilines is 2. The summed E-state index contributed by atoms with van der Waals surface area (Å²) in [5.41, 5.74) is 1.10. The molecule has 0 spiro atoms. The molecule has 0 unspecified atom stereocenters. The van der Waals surface area contributed by atoms with Crippen molar-refractivity contribution in [3.8, 4) is 0 Å². The number of nitrogens with zero attached hydrogens (tertiary/aromatic N) is 3. The van der Waals surface area contributed by atoms with Crippen molar-refractivity contribution >= 4 is 45.0 Å². The van der Waals surface area contributed by atoms with Crippen LogP contribution in [-0.4, -0.2) is 27.9 Å². The number of nitrogens with one attached hydrogen (secondary N) is 1. The largest absolute Gasteiger partial charge is 0.324 e. The van der Waals surface area contributed by atoms with E-state index in [4.69, 9.17) is 27.8 Å². The molecule has 0 aliphatic rings. The molecule has 106 valence electrons. The first kappa shape index (κ1) is 14.9. The van der Waals surface area contributed by atoms with Crippen molar-refractivity contribution in [2.24, 2.45) is 0 Å². The predicted molar refractivity (Wildman–Crippen MR) is 74.1 cm³/mol. The van der Waals surface area contributed by atoms with E-state index < -0.39 is 10.1 Å². The maximum atomic E-state index is 11.0. The monoisotopic (exact) mass is 334 g/mol. The molecule has 0 amide bonds. The summed E-state index contributed by atoms with van der Waals surface area (Å²) in [6, 6.07) is 4.02. The zero-order valence-corrected chi connectivity index (χ0v) is 12.3. The van der Waals surface area contributed by atoms with Crippen LogP contribution in [0.4, 0.5) is 11.6 Å². The van der Waals surface area contributed by atoms with Crippen molar-refractivity contribution < 1.29 is 13.0 Å². The number of aromatic nitrogens is 3. The zero-order valence-electron chi connectivity index (χ0n) is 10.0. The van der Waals surface area contributed by atoms with Crippen molar-refractivity contribution in [3.05, 3.63) is 34.3 Å². The van der Waals surface area contributed by atoms with Gasteiger partial charge in [0.2, 0.25) is 16.5 Å². The Morgan fingerprint density at radius 2 is 1.75 bits per heavy atom. The molecule has 0 radical (unpaired) electrons. The van der Waals surface area contributed by atoms with E-state index in [0.29, 0.717) is 11.3 Å². The number of hydrogen-bond acceptors (Lipinski definition) is 6. The third-order valence-electron chi connectivity index (χ3n) is 2.32. The lowest BCUT2D eigenvalue weighted by atomic mass is 10.2. The Bertz CT molecular complexity index is 747. The molecular weight excluding hydrogens is 327 g/mol. The summed E-state index contributed by atoms with van der Waals surface area (Å²) < 4.78 is 31.0. The molecule has 1 aromatic heterocycles. The van der Waals surface area contributed by atoms with Gasteiger partial charge in [0.15, 0.2) is 0 Å². The lowest BCUT2D eigenvalue weighted by Crippen LogP contribution is -2.03. The molecule has 1 heterocycles. The number of hydrogen-bond donors (Lipinski definition) is 2. The van der Waals surface area contributed by atoms with E-state index in [1.165, 1.54) is 18.2 Å². The maximum absolute atomic E-state index is 11.0. The van der Waals surface area contributed by atoms with Crippen LogP contribution < -0.4 is 5.32 Å². The van der Waals surface area contributed by atoms with Gasteiger partial charge in [-0.15, -0.1) is 0 Å². The van der Waals surface area contributed by atoms with Crippen molar-refractivity contribution in [1.29, 1.82) is 0 Å². The van der Waals surface area contributed by atoms with Gasteiger partial charge in [0.05, 0.1) is 4.90 Å². The minimum absolute atomic E-state index is 0.0697. The highest BCUT2D eigenvalue weighted by molar-refractivity contribution is 7.85. The summed E-state index contributed by atoms with van der Waals surface area (Å²) in [6.45, 7) is 1.65. The van der Waals surface area contributed by atoms with Crippen LogP contribution >= 0.6 is 23.2 Å². The molecule has 2 rings (SSSR count). The molecular formula is C10H8Cl2N4O3S. The lowest BCUT2D eigenvalue weighted by molar-refractivity contribution is 0.483. The average Bonchev–Trinajstić information content (AvgIpc) is 2.29. The standard InChI is InChI=1S/C10H8Cl2N4O3S/c1-5-4-6(20(17,18)19)2-3-7(5)13-10-15-8(11)14-9(12)16-10/h2-4H,1H3,(H,17,18,19)(H,13,14,15,16). The highest BCUT2D eigenvalue weighted by atomic mass is 35.5. The van der Waals surface area contributed by atoms with Gasteiger partial charge in [-0.2, -0.15) is 23.4 Å². The molecule has 7 nitrogen and oxygen atoms in total. The Kier molecular flexibility index (Phi) is 4.09. The minimum atomic E-state index is -4.24. The van der Waals surface area contributed by atoms with Gasteiger partial charge in [0.1, 0.15) is 0 Å². The van der Waals surface area contributed by atoms with E-state index in [1.807, 2.05) is 0 Å². The molecule has 0 aliphatic heterocycles. The molecule has 1 aromatic carbocycles. The first-order valence-corrected chi connectivity index (χ1v) is 7.37. The van der Waals surface area contributed by atoms with E-state index in [-0.39, 0.29) is 21.4 Å². The van der Waals surface area contributed by atoms with Crippen LogP contribution in [0.1, 0.15) is 5.56 Å². The number of benzene rings is 1. The second-order valence-corrected chi connectivity index (χ2v) is 5.87. The van der Waals surface area contributed by atoms with Gasteiger partial charge >= 0.3 is 0 Å². The fourth-order valence-corrected chi connectivity index (χ4v) is 2.37. The Hall–Kier alpha value is -1.48. The predicted octanol–water partition coefficient (Wildman–Crippen LogP) is 2.48. The second kappa shape index (κ2) is 5.49. The SMILES string of the molecule is Cc1cc(S(=O)(=O)O)ccc1Nc1nc(Cl)nc(Cl)n1. The summed E-state index contributed by atoms with van der Waals surface area (Å²) in [4.78, 5) is 11.0. The lowest BCUT2D eigenvalue weighted by Gasteiger charge is -2.09. The van der Waals surface area contributed by atoms with Crippen LogP contribution in [0.2, 0.25) is 10.6 Å². The highest BCUT2D eigenvalue weighted by Crippen LogP contribution is 2.22. The Labute approximate surface area is 124 Å². The van der Waals surface area contributed by atoms with Gasteiger partial charge in [-0.25, -0.2) is 0 Å². The summed E-state index contributed by atoms with van der Waals surface area (Å²) in [5, 5.41) is 2.69. The molecule has 10 heteroatoms. The van der Waals surface area contributed by atoms with E-state index in [9.17, 15) is 8.42 Å². The smallest absolute Gasteiger partial charge is 0.294 e. The molecule has 2 N–H and O–H groups in total. The fourth-order valence-electron chi connectivity index (χ4n) is 1.44. The van der Waals surface area contributed by atoms with Crippen LogP contribution in [0.3, 0.4) is 0 Å².